The standard InChI is InChI=1S/C32H32N12O/c1-6-20-8-7-9-23(31(33)45)30(20)44-32-28(29(39-44)19(2)3)26(42-15-24(34-17-42)21-11-36-40(4)13-21)10-27(38-32)43-16-25(35-18-43)22-12-37-41(5)14-22/h7-19H,6H2,1-5H3,(H2,33,45). The number of pyridine rings is 1. The monoisotopic (exact) mass is 600 g/mol. The summed E-state index contributed by atoms with van der Waals surface area (Å²) < 4.78 is 9.11. The number of para-hydroxylation sites is 1. The van der Waals surface area contributed by atoms with Gasteiger partial charge in [0.15, 0.2) is 5.65 Å². The van der Waals surface area contributed by atoms with Crippen LogP contribution in [-0.4, -0.2) is 59.3 Å². The van der Waals surface area contributed by atoms with Crippen LogP contribution in [0.25, 0.3) is 50.7 Å². The molecule has 0 bridgehead atoms. The molecule has 1 aromatic carbocycles. The van der Waals surface area contributed by atoms with Crippen LogP contribution in [-0.2, 0) is 20.5 Å². The molecule has 1 amide bonds. The van der Waals surface area contributed by atoms with Crippen molar-refractivity contribution in [2.45, 2.75) is 33.1 Å². The van der Waals surface area contributed by atoms with Crippen molar-refractivity contribution < 1.29 is 4.79 Å². The molecule has 7 aromatic rings. The van der Waals surface area contributed by atoms with E-state index in [4.69, 9.17) is 20.8 Å². The molecular weight excluding hydrogens is 568 g/mol. The molecule has 0 atom stereocenters. The molecule has 0 spiro atoms. The first-order chi connectivity index (χ1) is 21.7. The lowest BCUT2D eigenvalue weighted by Gasteiger charge is -2.14. The second kappa shape index (κ2) is 10.7. The quantitative estimate of drug-likeness (QED) is 0.273. The van der Waals surface area contributed by atoms with E-state index in [0.29, 0.717) is 29.1 Å². The van der Waals surface area contributed by atoms with Crippen molar-refractivity contribution in [3.05, 3.63) is 90.9 Å². The van der Waals surface area contributed by atoms with Gasteiger partial charge in [-0.3, -0.25) is 18.7 Å². The number of aromatic nitrogens is 11. The summed E-state index contributed by atoms with van der Waals surface area (Å²) in [4.78, 5) is 27.2. The average Bonchev–Trinajstić information content (AvgIpc) is 3.85. The molecule has 0 radical (unpaired) electrons. The van der Waals surface area contributed by atoms with Gasteiger partial charge in [-0.05, 0) is 24.0 Å². The number of aryl methyl sites for hydroxylation is 3. The number of nitrogens with two attached hydrogens (primary N) is 1. The number of benzene rings is 1. The summed E-state index contributed by atoms with van der Waals surface area (Å²) in [5, 5.41) is 14.6. The van der Waals surface area contributed by atoms with E-state index in [1.54, 1.807) is 45.2 Å². The second-order valence-electron chi connectivity index (χ2n) is 11.3. The SMILES string of the molecule is CCc1cccc(C(N)=O)c1-n1nc(C(C)C)c2c(-n3cnc(-c4cnn(C)c4)c3)cc(-n3cnc(-c4cnn(C)c4)c3)nc21. The van der Waals surface area contributed by atoms with Gasteiger partial charge >= 0.3 is 0 Å². The summed E-state index contributed by atoms with van der Waals surface area (Å²) in [5.41, 5.74) is 13.4. The maximum absolute atomic E-state index is 12.7. The average molecular weight is 601 g/mol. The molecule has 0 saturated heterocycles. The minimum absolute atomic E-state index is 0.0395. The molecule has 45 heavy (non-hydrogen) atoms. The molecule has 226 valence electrons. The van der Waals surface area contributed by atoms with Gasteiger partial charge in [-0.25, -0.2) is 19.6 Å². The zero-order valence-corrected chi connectivity index (χ0v) is 25.6. The zero-order chi connectivity index (χ0) is 31.4. The predicted molar refractivity (Wildman–Crippen MR) is 169 cm³/mol. The Hall–Kier alpha value is -5.85. The first kappa shape index (κ1) is 28.0. The van der Waals surface area contributed by atoms with Gasteiger partial charge in [-0.2, -0.15) is 15.3 Å². The topological polar surface area (TPSA) is 145 Å². The van der Waals surface area contributed by atoms with E-state index in [0.717, 1.165) is 44.8 Å². The number of primary amides is 1. The lowest BCUT2D eigenvalue weighted by Crippen LogP contribution is -2.17. The Morgan fingerprint density at radius 1 is 0.911 bits per heavy atom. The highest BCUT2D eigenvalue weighted by Crippen LogP contribution is 2.35. The number of hydrogen-bond acceptors (Lipinski definition) is 7. The number of fused-ring (bicyclic) bond motifs is 1. The minimum Gasteiger partial charge on any atom is -0.366 e. The highest BCUT2D eigenvalue weighted by atomic mass is 16.1. The molecule has 0 aliphatic heterocycles. The summed E-state index contributed by atoms with van der Waals surface area (Å²) in [6.45, 7) is 6.23. The van der Waals surface area contributed by atoms with Crippen LogP contribution < -0.4 is 5.73 Å². The molecule has 0 fully saturated rings. The van der Waals surface area contributed by atoms with E-state index >= 15 is 0 Å². The molecule has 7 rings (SSSR count). The van der Waals surface area contributed by atoms with Crippen LogP contribution >= 0.6 is 0 Å². The summed E-state index contributed by atoms with van der Waals surface area (Å²) in [7, 11) is 3.75. The summed E-state index contributed by atoms with van der Waals surface area (Å²) in [6.07, 6.45) is 15.5. The number of amides is 1. The molecule has 6 aromatic heterocycles. The Morgan fingerprint density at radius 3 is 2.13 bits per heavy atom. The molecule has 0 aliphatic rings. The number of carbonyl (C=O) groups is 1. The molecule has 0 aliphatic carbocycles. The summed E-state index contributed by atoms with van der Waals surface area (Å²) >= 11 is 0. The van der Waals surface area contributed by atoms with Gasteiger partial charge in [0, 0.05) is 56.1 Å². The zero-order valence-electron chi connectivity index (χ0n) is 25.6. The predicted octanol–water partition coefficient (Wildman–Crippen LogP) is 4.38. The van der Waals surface area contributed by atoms with Gasteiger partial charge in [-0.15, -0.1) is 0 Å². The van der Waals surface area contributed by atoms with Crippen LogP contribution in [0.15, 0.2) is 74.1 Å². The van der Waals surface area contributed by atoms with Crippen molar-refractivity contribution in [3.8, 4) is 39.7 Å². The van der Waals surface area contributed by atoms with Gasteiger partial charge in [0.2, 0.25) is 0 Å². The first-order valence-electron chi connectivity index (χ1n) is 14.6. The van der Waals surface area contributed by atoms with E-state index in [1.165, 1.54) is 0 Å². The van der Waals surface area contributed by atoms with Gasteiger partial charge in [-0.1, -0.05) is 32.9 Å². The van der Waals surface area contributed by atoms with Crippen LogP contribution in [0.3, 0.4) is 0 Å². The van der Waals surface area contributed by atoms with Gasteiger partial charge in [0.1, 0.15) is 12.1 Å². The van der Waals surface area contributed by atoms with Crippen LogP contribution in [0.2, 0.25) is 0 Å². The van der Waals surface area contributed by atoms with Crippen LogP contribution in [0.1, 0.15) is 48.3 Å². The Labute approximate surface area is 258 Å². The molecule has 0 unspecified atom stereocenters. The Balaban J connectivity index is 1.52. The fourth-order valence-corrected chi connectivity index (χ4v) is 5.64. The first-order valence-corrected chi connectivity index (χ1v) is 14.6. The highest BCUT2D eigenvalue weighted by Gasteiger charge is 2.25. The third-order valence-electron chi connectivity index (χ3n) is 7.86. The van der Waals surface area contributed by atoms with Crippen molar-refractivity contribution >= 4 is 16.9 Å². The Morgan fingerprint density at radius 2 is 1.56 bits per heavy atom. The van der Waals surface area contributed by atoms with Gasteiger partial charge in [0.05, 0.1) is 58.1 Å². The third kappa shape index (κ3) is 4.78. The number of nitrogens with zero attached hydrogens (tertiary/aromatic N) is 11. The maximum Gasteiger partial charge on any atom is 0.250 e. The van der Waals surface area contributed by atoms with E-state index in [1.807, 2.05) is 73.1 Å². The minimum atomic E-state index is -0.530. The van der Waals surface area contributed by atoms with Crippen molar-refractivity contribution in [3.63, 3.8) is 0 Å². The number of rotatable bonds is 8. The molecule has 0 saturated carbocycles. The fourth-order valence-electron chi connectivity index (χ4n) is 5.64. The molecule has 13 heteroatoms. The van der Waals surface area contributed by atoms with Crippen molar-refractivity contribution in [1.29, 1.82) is 0 Å². The molecular formula is C32H32N12O. The largest absolute Gasteiger partial charge is 0.366 e. The summed E-state index contributed by atoms with van der Waals surface area (Å²) in [5.74, 6) is 0.124. The number of imidazole rings is 2. The van der Waals surface area contributed by atoms with Crippen molar-refractivity contribution in [2.24, 2.45) is 19.8 Å². The lowest BCUT2D eigenvalue weighted by molar-refractivity contribution is 0.1000. The van der Waals surface area contributed by atoms with E-state index in [9.17, 15) is 4.79 Å². The van der Waals surface area contributed by atoms with E-state index in [-0.39, 0.29) is 5.92 Å². The van der Waals surface area contributed by atoms with Crippen LogP contribution in [0.4, 0.5) is 0 Å². The maximum atomic E-state index is 12.7. The summed E-state index contributed by atoms with van der Waals surface area (Å²) in [6, 6.07) is 7.57. The second-order valence-corrected chi connectivity index (χ2v) is 11.3. The Kier molecular flexibility index (Phi) is 6.65. The smallest absolute Gasteiger partial charge is 0.250 e. The van der Waals surface area contributed by atoms with Gasteiger partial charge in [0.25, 0.3) is 5.91 Å². The van der Waals surface area contributed by atoms with Gasteiger partial charge < -0.3 is 10.3 Å². The molecule has 2 N–H and O–H groups in total. The van der Waals surface area contributed by atoms with Crippen molar-refractivity contribution in [2.75, 3.05) is 0 Å². The van der Waals surface area contributed by atoms with Crippen LogP contribution in [0.5, 0.6) is 0 Å². The molecule has 13 nitrogen and oxygen atoms in total. The molecule has 6 heterocycles. The normalized spacial score (nSPS) is 11.7. The van der Waals surface area contributed by atoms with Crippen molar-refractivity contribution in [1.82, 2.24) is 53.4 Å². The lowest BCUT2D eigenvalue weighted by atomic mass is 10.0. The highest BCUT2D eigenvalue weighted by molar-refractivity contribution is 5.98. The number of carbonyl (C=O) groups excluding carboxylic acids is 1. The fraction of sp³-hybridized carbons (Fsp3) is 0.219. The Bertz CT molecular complexity index is 2210. The van der Waals surface area contributed by atoms with E-state index in [2.05, 4.69) is 29.0 Å². The third-order valence-corrected chi connectivity index (χ3v) is 7.86. The van der Waals surface area contributed by atoms with E-state index < -0.39 is 5.91 Å². The number of hydrogen-bond donors (Lipinski definition) is 1. The van der Waals surface area contributed by atoms with Crippen LogP contribution in [0, 0.1) is 0 Å².